The average Bonchev–Trinajstić information content (AvgIpc) is 2.24. The highest BCUT2D eigenvalue weighted by atomic mass is 16.5. The van der Waals surface area contributed by atoms with Gasteiger partial charge in [0.05, 0.1) is 12.2 Å². The van der Waals surface area contributed by atoms with E-state index in [1.165, 1.54) is 25.7 Å². The molecule has 0 aliphatic heterocycles. The Morgan fingerprint density at radius 3 is 1.73 bits per heavy atom. The minimum atomic E-state index is 0.342. The number of rotatable bonds is 2. The summed E-state index contributed by atoms with van der Waals surface area (Å²) in [4.78, 5) is 0. The highest BCUT2D eigenvalue weighted by molar-refractivity contribution is 5.02. The molecule has 0 saturated heterocycles. The summed E-state index contributed by atoms with van der Waals surface area (Å²) in [7, 11) is 0. The van der Waals surface area contributed by atoms with Gasteiger partial charge in [-0.15, -0.1) is 0 Å². The van der Waals surface area contributed by atoms with Crippen LogP contribution in [0.3, 0.4) is 0 Å². The number of hydrogen-bond acceptors (Lipinski definition) is 1. The maximum atomic E-state index is 6.18. The van der Waals surface area contributed by atoms with E-state index in [1.807, 2.05) is 0 Å². The summed E-state index contributed by atoms with van der Waals surface area (Å²) in [5.74, 6) is 1.36. The van der Waals surface area contributed by atoms with Gasteiger partial charge in [0.25, 0.3) is 0 Å². The third kappa shape index (κ3) is 2.72. The molecule has 0 radical (unpaired) electrons. The van der Waals surface area contributed by atoms with Crippen molar-refractivity contribution in [2.24, 2.45) is 11.8 Å². The van der Waals surface area contributed by atoms with Gasteiger partial charge >= 0.3 is 0 Å². The Bertz CT molecular complexity index is 228. The second kappa shape index (κ2) is 4.98. The minimum absolute atomic E-state index is 0.342. The van der Waals surface area contributed by atoms with Crippen LogP contribution in [0, 0.1) is 11.8 Å². The zero-order valence-electron chi connectivity index (χ0n) is 9.86. The third-order valence-electron chi connectivity index (χ3n) is 3.66. The summed E-state index contributed by atoms with van der Waals surface area (Å²) < 4.78 is 6.18. The van der Waals surface area contributed by atoms with Gasteiger partial charge in [0.1, 0.15) is 0 Å². The highest BCUT2D eigenvalue weighted by Gasteiger charge is 2.24. The van der Waals surface area contributed by atoms with Crippen molar-refractivity contribution in [1.82, 2.24) is 0 Å². The molecule has 0 aromatic carbocycles. The molecule has 0 saturated carbocycles. The average molecular weight is 206 g/mol. The maximum Gasteiger partial charge on any atom is 0.0789 e. The molecule has 4 unspecified atom stereocenters. The molecule has 0 N–H and O–H groups in total. The molecule has 2 aliphatic rings. The zero-order chi connectivity index (χ0) is 10.7. The van der Waals surface area contributed by atoms with E-state index in [9.17, 15) is 0 Å². The first-order chi connectivity index (χ1) is 7.27. The SMILES string of the molecule is CC1CCC=CC1OC1C=CCCC1C. The summed E-state index contributed by atoms with van der Waals surface area (Å²) in [6.07, 6.45) is 14.7. The van der Waals surface area contributed by atoms with Crippen molar-refractivity contribution in [3.05, 3.63) is 24.3 Å². The molecular weight excluding hydrogens is 184 g/mol. The van der Waals surface area contributed by atoms with Crippen LogP contribution in [0.1, 0.15) is 39.5 Å². The van der Waals surface area contributed by atoms with Gasteiger partial charge in [-0.1, -0.05) is 38.2 Å². The van der Waals surface area contributed by atoms with Crippen molar-refractivity contribution < 1.29 is 4.74 Å². The molecule has 0 spiro atoms. The van der Waals surface area contributed by atoms with E-state index in [0.29, 0.717) is 24.0 Å². The molecule has 2 rings (SSSR count). The van der Waals surface area contributed by atoms with Gasteiger partial charge in [0.2, 0.25) is 0 Å². The van der Waals surface area contributed by atoms with Gasteiger partial charge < -0.3 is 4.74 Å². The molecular formula is C14H22O. The Balaban J connectivity index is 1.94. The van der Waals surface area contributed by atoms with Crippen LogP contribution in [0.15, 0.2) is 24.3 Å². The van der Waals surface area contributed by atoms with Crippen LogP contribution in [0.2, 0.25) is 0 Å². The first-order valence-electron chi connectivity index (χ1n) is 6.26. The molecule has 0 bridgehead atoms. The van der Waals surface area contributed by atoms with Crippen molar-refractivity contribution >= 4 is 0 Å². The first kappa shape index (κ1) is 10.9. The van der Waals surface area contributed by atoms with Gasteiger partial charge in [-0.3, -0.25) is 0 Å². The van der Waals surface area contributed by atoms with Crippen molar-refractivity contribution in [2.75, 3.05) is 0 Å². The Labute approximate surface area is 93.2 Å². The van der Waals surface area contributed by atoms with Crippen molar-refractivity contribution in [3.63, 3.8) is 0 Å². The van der Waals surface area contributed by atoms with Crippen molar-refractivity contribution in [2.45, 2.75) is 51.7 Å². The zero-order valence-corrected chi connectivity index (χ0v) is 9.86. The predicted octanol–water partition coefficient (Wildman–Crippen LogP) is 3.71. The van der Waals surface area contributed by atoms with Crippen molar-refractivity contribution in [1.29, 1.82) is 0 Å². The quantitative estimate of drug-likeness (QED) is 0.626. The molecule has 1 heteroatoms. The monoisotopic (exact) mass is 206 g/mol. The molecule has 0 fully saturated rings. The lowest BCUT2D eigenvalue weighted by Crippen LogP contribution is -2.31. The second-order valence-electron chi connectivity index (χ2n) is 5.03. The summed E-state index contributed by atoms with van der Waals surface area (Å²) in [6.45, 7) is 4.59. The summed E-state index contributed by atoms with van der Waals surface area (Å²) in [5.41, 5.74) is 0. The molecule has 0 amide bonds. The van der Waals surface area contributed by atoms with Crippen LogP contribution in [0.4, 0.5) is 0 Å². The molecule has 2 aliphatic carbocycles. The van der Waals surface area contributed by atoms with Crippen LogP contribution in [0.5, 0.6) is 0 Å². The molecule has 0 heterocycles. The van der Waals surface area contributed by atoms with E-state index in [-0.39, 0.29) is 0 Å². The normalized spacial score (nSPS) is 40.7. The van der Waals surface area contributed by atoms with E-state index < -0.39 is 0 Å². The lowest BCUT2D eigenvalue weighted by atomic mass is 9.90. The van der Waals surface area contributed by atoms with Crippen LogP contribution < -0.4 is 0 Å². The Morgan fingerprint density at radius 2 is 1.33 bits per heavy atom. The lowest BCUT2D eigenvalue weighted by molar-refractivity contribution is -0.0211. The summed E-state index contributed by atoms with van der Waals surface area (Å²) in [5, 5.41) is 0. The fraction of sp³-hybridized carbons (Fsp3) is 0.714. The van der Waals surface area contributed by atoms with Crippen LogP contribution >= 0.6 is 0 Å². The van der Waals surface area contributed by atoms with Gasteiger partial charge in [0.15, 0.2) is 0 Å². The second-order valence-corrected chi connectivity index (χ2v) is 5.03. The van der Waals surface area contributed by atoms with Gasteiger partial charge in [-0.2, -0.15) is 0 Å². The molecule has 84 valence electrons. The largest absolute Gasteiger partial charge is 0.366 e. The Kier molecular flexibility index (Phi) is 3.63. The van der Waals surface area contributed by atoms with Crippen molar-refractivity contribution in [3.8, 4) is 0 Å². The third-order valence-corrected chi connectivity index (χ3v) is 3.66. The predicted molar refractivity (Wildman–Crippen MR) is 63.7 cm³/mol. The minimum Gasteiger partial charge on any atom is -0.366 e. The van der Waals surface area contributed by atoms with E-state index in [2.05, 4.69) is 38.2 Å². The van der Waals surface area contributed by atoms with Gasteiger partial charge in [0, 0.05) is 0 Å². The fourth-order valence-electron chi connectivity index (χ4n) is 2.43. The summed E-state index contributed by atoms with van der Waals surface area (Å²) in [6, 6.07) is 0. The van der Waals surface area contributed by atoms with E-state index in [1.54, 1.807) is 0 Å². The van der Waals surface area contributed by atoms with Gasteiger partial charge in [-0.05, 0) is 37.5 Å². The highest BCUT2D eigenvalue weighted by Crippen LogP contribution is 2.27. The number of ether oxygens (including phenoxy) is 1. The number of allylic oxidation sites excluding steroid dienone is 2. The molecule has 1 nitrogen and oxygen atoms in total. The first-order valence-corrected chi connectivity index (χ1v) is 6.26. The van der Waals surface area contributed by atoms with Gasteiger partial charge in [-0.25, -0.2) is 0 Å². The lowest BCUT2D eigenvalue weighted by Gasteiger charge is -2.32. The van der Waals surface area contributed by atoms with Crippen LogP contribution in [-0.4, -0.2) is 12.2 Å². The fourth-order valence-corrected chi connectivity index (χ4v) is 2.43. The molecule has 0 aromatic rings. The topological polar surface area (TPSA) is 9.23 Å². The maximum absolute atomic E-state index is 6.18. The molecule has 15 heavy (non-hydrogen) atoms. The van der Waals surface area contributed by atoms with Crippen LogP contribution in [0.25, 0.3) is 0 Å². The number of hydrogen-bond donors (Lipinski definition) is 0. The van der Waals surface area contributed by atoms with E-state index in [4.69, 9.17) is 4.74 Å². The summed E-state index contributed by atoms with van der Waals surface area (Å²) >= 11 is 0. The Morgan fingerprint density at radius 1 is 0.867 bits per heavy atom. The van der Waals surface area contributed by atoms with E-state index >= 15 is 0 Å². The van der Waals surface area contributed by atoms with E-state index in [0.717, 1.165) is 0 Å². The molecule has 0 aromatic heterocycles. The Hall–Kier alpha value is -0.560. The van der Waals surface area contributed by atoms with Crippen LogP contribution in [-0.2, 0) is 4.74 Å². The molecule has 4 atom stereocenters. The standard InChI is InChI=1S/C14H22O/c1-11-7-3-5-9-13(11)15-14-10-6-4-8-12(14)2/h5-6,9-14H,3-4,7-8H2,1-2H3. The smallest absolute Gasteiger partial charge is 0.0789 e.